The predicted octanol–water partition coefficient (Wildman–Crippen LogP) is -0.394. The SMILES string of the molecule is O=c1[nH]cnc2c1ncn2[C@@H]1O/C(=C/Br)C(O)C1O. The van der Waals surface area contributed by atoms with Gasteiger partial charge in [0.05, 0.1) is 6.33 Å². The molecule has 0 spiro atoms. The minimum Gasteiger partial charge on any atom is -0.468 e. The number of fused-ring (bicyclic) bond motifs is 1. The molecule has 1 fully saturated rings. The molecule has 19 heavy (non-hydrogen) atoms. The van der Waals surface area contributed by atoms with Crippen molar-refractivity contribution >= 4 is 27.1 Å². The normalized spacial score (nSPS) is 29.0. The number of imidazole rings is 1. The van der Waals surface area contributed by atoms with Gasteiger partial charge in [-0.3, -0.25) is 9.36 Å². The van der Waals surface area contributed by atoms with E-state index < -0.39 is 18.4 Å². The van der Waals surface area contributed by atoms with E-state index in [4.69, 9.17) is 4.74 Å². The standard InChI is InChI=1S/C10H9BrN4O4/c11-1-4-6(16)7(17)10(19-4)15-3-14-5-8(15)12-2-13-9(5)18/h1-3,6-7,10,16-17H,(H,12,13,18)/b4-1+/t6?,7?,10-/m1/s1. The van der Waals surface area contributed by atoms with Gasteiger partial charge in [-0.15, -0.1) is 0 Å². The molecular formula is C10H9BrN4O4. The van der Waals surface area contributed by atoms with Gasteiger partial charge in [0, 0.05) is 4.99 Å². The zero-order chi connectivity index (χ0) is 13.6. The minimum atomic E-state index is -1.18. The van der Waals surface area contributed by atoms with Crippen LogP contribution < -0.4 is 5.56 Å². The zero-order valence-electron chi connectivity index (χ0n) is 9.39. The van der Waals surface area contributed by atoms with E-state index in [1.165, 1.54) is 22.2 Å². The first-order chi connectivity index (χ1) is 9.13. The minimum absolute atomic E-state index is 0.143. The quantitative estimate of drug-likeness (QED) is 0.656. The summed E-state index contributed by atoms with van der Waals surface area (Å²) in [5, 5.41) is 19.7. The van der Waals surface area contributed by atoms with Crippen molar-refractivity contribution < 1.29 is 14.9 Å². The average molecular weight is 329 g/mol. The van der Waals surface area contributed by atoms with Crippen LogP contribution in [0.1, 0.15) is 6.23 Å². The lowest BCUT2D eigenvalue weighted by Gasteiger charge is -2.15. The van der Waals surface area contributed by atoms with E-state index in [9.17, 15) is 15.0 Å². The molecule has 0 amide bonds. The van der Waals surface area contributed by atoms with Crippen molar-refractivity contribution in [2.24, 2.45) is 0 Å². The lowest BCUT2D eigenvalue weighted by Crippen LogP contribution is -2.27. The Morgan fingerprint density at radius 2 is 2.26 bits per heavy atom. The number of H-pyrrole nitrogens is 1. The number of aliphatic hydroxyl groups is 2. The summed E-state index contributed by atoms with van der Waals surface area (Å²) in [6.45, 7) is 0. The molecule has 0 aromatic carbocycles. The highest BCUT2D eigenvalue weighted by molar-refractivity contribution is 9.11. The van der Waals surface area contributed by atoms with Gasteiger partial charge in [-0.2, -0.15) is 0 Å². The van der Waals surface area contributed by atoms with Gasteiger partial charge >= 0.3 is 0 Å². The monoisotopic (exact) mass is 328 g/mol. The number of halogens is 1. The summed E-state index contributed by atoms with van der Waals surface area (Å²) >= 11 is 3.04. The van der Waals surface area contributed by atoms with Crippen LogP contribution in [-0.4, -0.2) is 41.9 Å². The van der Waals surface area contributed by atoms with Crippen LogP contribution in [0.25, 0.3) is 11.2 Å². The summed E-state index contributed by atoms with van der Waals surface area (Å²) in [5.74, 6) is 0.198. The molecule has 1 saturated heterocycles. The molecule has 9 heteroatoms. The molecule has 0 radical (unpaired) electrons. The van der Waals surface area contributed by atoms with E-state index in [1.807, 2.05) is 0 Å². The van der Waals surface area contributed by atoms with Gasteiger partial charge in [-0.1, -0.05) is 15.9 Å². The molecule has 3 rings (SSSR count). The maximum absolute atomic E-state index is 11.5. The Morgan fingerprint density at radius 1 is 1.47 bits per heavy atom. The van der Waals surface area contributed by atoms with Crippen molar-refractivity contribution in [3.63, 3.8) is 0 Å². The number of aromatic amines is 1. The van der Waals surface area contributed by atoms with E-state index in [1.54, 1.807) is 0 Å². The third-order valence-corrected chi connectivity index (χ3v) is 3.36. The van der Waals surface area contributed by atoms with Crippen molar-refractivity contribution in [3.05, 3.63) is 33.8 Å². The Kier molecular flexibility index (Phi) is 2.88. The summed E-state index contributed by atoms with van der Waals surface area (Å²) in [4.78, 5) is 23.2. The molecule has 3 heterocycles. The first kappa shape index (κ1) is 12.3. The highest BCUT2D eigenvalue weighted by Gasteiger charge is 2.41. The summed E-state index contributed by atoms with van der Waals surface area (Å²) in [5.41, 5.74) is 0.0351. The Morgan fingerprint density at radius 3 is 2.95 bits per heavy atom. The van der Waals surface area contributed by atoms with Crippen molar-refractivity contribution in [2.45, 2.75) is 18.4 Å². The number of ether oxygens (including phenoxy) is 1. The molecule has 2 unspecified atom stereocenters. The number of hydrogen-bond donors (Lipinski definition) is 3. The van der Waals surface area contributed by atoms with Crippen LogP contribution in [-0.2, 0) is 4.74 Å². The predicted molar refractivity (Wildman–Crippen MR) is 67.3 cm³/mol. The number of rotatable bonds is 1. The number of aromatic nitrogens is 4. The smallest absolute Gasteiger partial charge is 0.278 e. The fourth-order valence-electron chi connectivity index (χ4n) is 1.96. The molecule has 0 bridgehead atoms. The van der Waals surface area contributed by atoms with Crippen LogP contribution in [0, 0.1) is 0 Å². The maximum atomic E-state index is 11.5. The van der Waals surface area contributed by atoms with Crippen LogP contribution in [0.4, 0.5) is 0 Å². The van der Waals surface area contributed by atoms with Crippen molar-refractivity contribution in [2.75, 3.05) is 0 Å². The van der Waals surface area contributed by atoms with E-state index in [0.29, 0.717) is 0 Å². The molecule has 1 aliphatic rings. The second-order valence-electron chi connectivity index (χ2n) is 4.01. The van der Waals surface area contributed by atoms with Gasteiger partial charge in [0.2, 0.25) is 6.23 Å². The van der Waals surface area contributed by atoms with Gasteiger partial charge in [0.25, 0.3) is 5.56 Å². The number of nitrogens with zero attached hydrogens (tertiary/aromatic N) is 3. The zero-order valence-corrected chi connectivity index (χ0v) is 11.0. The lowest BCUT2D eigenvalue weighted by molar-refractivity contribution is -0.0118. The van der Waals surface area contributed by atoms with Gasteiger partial charge in [-0.05, 0) is 0 Å². The largest absolute Gasteiger partial charge is 0.468 e. The summed E-state index contributed by atoms with van der Waals surface area (Å²) in [7, 11) is 0. The molecular weight excluding hydrogens is 320 g/mol. The van der Waals surface area contributed by atoms with Gasteiger partial charge in [-0.25, -0.2) is 9.97 Å². The number of hydrogen-bond acceptors (Lipinski definition) is 6. The maximum Gasteiger partial charge on any atom is 0.278 e. The Labute approximate surface area is 114 Å². The van der Waals surface area contributed by atoms with Crippen LogP contribution in [0.5, 0.6) is 0 Å². The molecule has 100 valence electrons. The van der Waals surface area contributed by atoms with Crippen LogP contribution in [0.2, 0.25) is 0 Å². The number of aliphatic hydroxyl groups excluding tert-OH is 2. The van der Waals surface area contributed by atoms with Gasteiger partial charge in [0.15, 0.2) is 11.2 Å². The molecule has 2 aromatic heterocycles. The Bertz CT molecular complexity index is 709. The van der Waals surface area contributed by atoms with E-state index >= 15 is 0 Å². The van der Waals surface area contributed by atoms with Crippen LogP contribution >= 0.6 is 15.9 Å². The first-order valence-corrected chi connectivity index (χ1v) is 6.28. The fraction of sp³-hybridized carbons (Fsp3) is 0.300. The third-order valence-electron chi connectivity index (χ3n) is 2.91. The van der Waals surface area contributed by atoms with Crippen molar-refractivity contribution in [1.82, 2.24) is 19.5 Å². The van der Waals surface area contributed by atoms with E-state index in [0.717, 1.165) is 0 Å². The lowest BCUT2D eigenvalue weighted by atomic mass is 10.2. The van der Waals surface area contributed by atoms with Crippen LogP contribution in [0.15, 0.2) is 28.2 Å². The van der Waals surface area contributed by atoms with E-state index in [2.05, 4.69) is 30.9 Å². The van der Waals surface area contributed by atoms with Gasteiger partial charge < -0.3 is 19.9 Å². The first-order valence-electron chi connectivity index (χ1n) is 5.36. The Balaban J connectivity index is 2.11. The number of nitrogens with one attached hydrogen (secondary N) is 1. The van der Waals surface area contributed by atoms with Gasteiger partial charge in [0.1, 0.15) is 24.3 Å². The average Bonchev–Trinajstić information content (AvgIpc) is 2.94. The second-order valence-corrected chi connectivity index (χ2v) is 4.47. The molecule has 3 N–H and O–H groups in total. The molecule has 1 aliphatic heterocycles. The summed E-state index contributed by atoms with van der Waals surface area (Å²) < 4.78 is 6.82. The highest BCUT2D eigenvalue weighted by atomic mass is 79.9. The van der Waals surface area contributed by atoms with Crippen LogP contribution in [0.3, 0.4) is 0 Å². The molecule has 0 aliphatic carbocycles. The summed E-state index contributed by atoms with van der Waals surface area (Å²) in [6, 6.07) is 0. The second kappa shape index (κ2) is 4.44. The molecule has 3 atom stereocenters. The van der Waals surface area contributed by atoms with Crippen molar-refractivity contribution in [3.8, 4) is 0 Å². The van der Waals surface area contributed by atoms with Crippen molar-refractivity contribution in [1.29, 1.82) is 0 Å². The summed E-state index contributed by atoms with van der Waals surface area (Å²) in [6.07, 6.45) is -0.642. The Hall–Kier alpha value is -1.71. The third kappa shape index (κ3) is 1.78. The molecule has 2 aromatic rings. The fourth-order valence-corrected chi connectivity index (χ4v) is 2.34. The molecule has 0 saturated carbocycles. The topological polar surface area (TPSA) is 113 Å². The van der Waals surface area contributed by atoms with E-state index in [-0.39, 0.29) is 22.5 Å². The molecule has 8 nitrogen and oxygen atoms in total. The highest BCUT2D eigenvalue weighted by Crippen LogP contribution is 2.33.